The summed E-state index contributed by atoms with van der Waals surface area (Å²) in [4.78, 5) is 51.2. The van der Waals surface area contributed by atoms with E-state index in [0.29, 0.717) is 16.3 Å². The molecule has 0 saturated heterocycles. The van der Waals surface area contributed by atoms with Crippen molar-refractivity contribution in [2.45, 2.75) is 11.9 Å². The van der Waals surface area contributed by atoms with E-state index >= 15 is 0 Å². The minimum atomic E-state index is -1.16. The Hall–Kier alpha value is -4.00. The number of nitrogens with zero attached hydrogens (tertiary/aromatic N) is 4. The summed E-state index contributed by atoms with van der Waals surface area (Å²) in [5.74, 6) is -2.19. The fourth-order valence-electron chi connectivity index (χ4n) is 2.75. The first-order valence-electron chi connectivity index (χ1n) is 9.24. The number of pyridine rings is 1. The number of benzene rings is 1. The molecule has 0 spiro atoms. The monoisotopic (exact) mass is 476 g/mol. The second kappa shape index (κ2) is 9.65. The number of carbonyl (C=O) groups excluding carboxylic acids is 1. The van der Waals surface area contributed by atoms with Crippen molar-refractivity contribution in [3.63, 3.8) is 0 Å². The maximum Gasteiger partial charge on any atom is 0.335 e. The number of aryl methyl sites for hydroxylation is 1. The van der Waals surface area contributed by atoms with Gasteiger partial charge in [-0.1, -0.05) is 11.8 Å². The van der Waals surface area contributed by atoms with E-state index in [1.54, 1.807) is 0 Å². The molecule has 172 valence electrons. The second-order valence-electron chi connectivity index (χ2n) is 6.60. The van der Waals surface area contributed by atoms with Gasteiger partial charge in [-0.2, -0.15) is 0 Å². The summed E-state index contributed by atoms with van der Waals surface area (Å²) in [5.41, 5.74) is -2.56. The maximum absolute atomic E-state index is 14.8. The number of hydrogen-bond donors (Lipinski definition) is 0. The van der Waals surface area contributed by atoms with E-state index in [1.807, 2.05) is 0 Å². The molecule has 0 fully saturated rings. The lowest BCUT2D eigenvalue weighted by atomic mass is 10.2. The third-order valence-corrected chi connectivity index (χ3v) is 5.50. The number of thioether (sulfide) groups is 1. The number of hydrogen-bond acceptors (Lipinski definition) is 9. The van der Waals surface area contributed by atoms with Gasteiger partial charge in [-0.05, 0) is 19.1 Å². The van der Waals surface area contributed by atoms with Crippen LogP contribution in [0.4, 0.5) is 10.1 Å². The van der Waals surface area contributed by atoms with Crippen molar-refractivity contribution in [1.29, 1.82) is 0 Å². The van der Waals surface area contributed by atoms with Crippen LogP contribution in [0.15, 0.2) is 51.1 Å². The van der Waals surface area contributed by atoms with Crippen LogP contribution in [0.1, 0.15) is 5.69 Å². The number of aromatic nitrogens is 3. The fraction of sp³-hybridized carbons (Fsp3) is 0.200. The molecule has 3 rings (SSSR count). The minimum absolute atomic E-state index is 0.0382. The predicted molar refractivity (Wildman–Crippen MR) is 116 cm³/mol. The van der Waals surface area contributed by atoms with Gasteiger partial charge in [-0.15, -0.1) is 0 Å². The van der Waals surface area contributed by atoms with Crippen molar-refractivity contribution in [2.75, 3.05) is 12.9 Å². The molecule has 13 heteroatoms. The molecular formula is C20H17FN4O7S. The topological polar surface area (TPSA) is 136 Å². The lowest BCUT2D eigenvalue weighted by Gasteiger charge is -2.13. The number of ether oxygens (including phenoxy) is 2. The Kier molecular flexibility index (Phi) is 6.92. The second-order valence-corrected chi connectivity index (χ2v) is 7.57. The van der Waals surface area contributed by atoms with Crippen molar-refractivity contribution in [2.24, 2.45) is 7.05 Å². The van der Waals surface area contributed by atoms with Crippen molar-refractivity contribution < 1.29 is 23.6 Å². The Morgan fingerprint density at radius 1 is 1.27 bits per heavy atom. The molecule has 0 unspecified atom stereocenters. The Morgan fingerprint density at radius 2 is 2.00 bits per heavy atom. The van der Waals surface area contributed by atoms with Crippen LogP contribution in [0.2, 0.25) is 0 Å². The molecule has 0 saturated carbocycles. The molecule has 0 aliphatic rings. The fourth-order valence-corrected chi connectivity index (χ4v) is 3.51. The Morgan fingerprint density at radius 3 is 2.67 bits per heavy atom. The number of carbonyl (C=O) groups is 1. The van der Waals surface area contributed by atoms with Gasteiger partial charge in [0.2, 0.25) is 5.75 Å². The van der Waals surface area contributed by atoms with Gasteiger partial charge in [0.15, 0.2) is 11.6 Å². The molecular weight excluding hydrogens is 459 g/mol. The standard InChI is InChI=1S/C20H17FN4O7S/c1-11-7-17(26)24(20(28)23(11)2)13-9-16(14(25(29)30)8-12(13)21)32-15-5-4-6-22-19(15)33-10-18(27)31-3/h4-9H,10H2,1-3H3. The molecule has 2 heterocycles. The molecule has 3 aromatic rings. The zero-order chi connectivity index (χ0) is 24.3. The summed E-state index contributed by atoms with van der Waals surface area (Å²) >= 11 is 0.962. The first-order chi connectivity index (χ1) is 15.6. The van der Waals surface area contributed by atoms with Gasteiger partial charge in [0.1, 0.15) is 5.03 Å². The van der Waals surface area contributed by atoms with Gasteiger partial charge in [0.05, 0.1) is 29.5 Å². The molecule has 0 N–H and O–H groups in total. The largest absolute Gasteiger partial charge is 0.468 e. The zero-order valence-corrected chi connectivity index (χ0v) is 18.4. The number of nitro benzene ring substituents is 1. The summed E-state index contributed by atoms with van der Waals surface area (Å²) in [6, 6.07) is 5.53. The van der Waals surface area contributed by atoms with Crippen LogP contribution in [0.5, 0.6) is 11.5 Å². The van der Waals surface area contributed by atoms with E-state index in [-0.39, 0.29) is 16.5 Å². The summed E-state index contributed by atoms with van der Waals surface area (Å²) < 4.78 is 26.7. The molecule has 0 bridgehead atoms. The molecule has 2 aromatic heterocycles. The van der Waals surface area contributed by atoms with Crippen LogP contribution in [0.3, 0.4) is 0 Å². The summed E-state index contributed by atoms with van der Waals surface area (Å²) in [6.45, 7) is 1.53. The van der Waals surface area contributed by atoms with Crippen molar-refractivity contribution in [3.8, 4) is 17.2 Å². The average molecular weight is 476 g/mol. The first-order valence-corrected chi connectivity index (χ1v) is 10.2. The number of nitro groups is 1. The van der Waals surface area contributed by atoms with Gasteiger partial charge >= 0.3 is 17.3 Å². The Labute approximate surface area is 189 Å². The molecule has 0 aliphatic heterocycles. The average Bonchev–Trinajstić information content (AvgIpc) is 2.78. The highest BCUT2D eigenvalue weighted by atomic mass is 32.2. The van der Waals surface area contributed by atoms with Gasteiger partial charge in [-0.25, -0.2) is 18.7 Å². The van der Waals surface area contributed by atoms with E-state index in [2.05, 4.69) is 9.72 Å². The number of esters is 1. The summed E-state index contributed by atoms with van der Waals surface area (Å²) in [7, 11) is 2.62. The van der Waals surface area contributed by atoms with Crippen LogP contribution < -0.4 is 16.0 Å². The molecule has 0 radical (unpaired) electrons. The number of methoxy groups -OCH3 is 1. The third-order valence-electron chi connectivity index (χ3n) is 4.54. The van der Waals surface area contributed by atoms with Crippen molar-refractivity contribution in [1.82, 2.24) is 14.1 Å². The normalized spacial score (nSPS) is 10.7. The minimum Gasteiger partial charge on any atom is -0.468 e. The van der Waals surface area contributed by atoms with E-state index < -0.39 is 45.1 Å². The number of rotatable bonds is 7. The SMILES string of the molecule is COC(=O)CSc1ncccc1Oc1cc(-n2c(=O)cc(C)n(C)c2=O)c(F)cc1[N+](=O)[O-]. The van der Waals surface area contributed by atoms with Gasteiger partial charge < -0.3 is 14.0 Å². The van der Waals surface area contributed by atoms with Crippen LogP contribution in [-0.4, -0.2) is 37.9 Å². The van der Waals surface area contributed by atoms with Crippen LogP contribution in [-0.2, 0) is 16.6 Å². The molecule has 1 aromatic carbocycles. The smallest absolute Gasteiger partial charge is 0.335 e. The van der Waals surface area contributed by atoms with E-state index in [0.717, 1.165) is 28.5 Å². The van der Waals surface area contributed by atoms with Gasteiger partial charge in [0, 0.05) is 31.1 Å². The first kappa shape index (κ1) is 23.7. The zero-order valence-electron chi connectivity index (χ0n) is 17.6. The molecule has 0 amide bonds. The van der Waals surface area contributed by atoms with Gasteiger partial charge in [-0.3, -0.25) is 19.7 Å². The highest BCUT2D eigenvalue weighted by molar-refractivity contribution is 8.00. The predicted octanol–water partition coefficient (Wildman–Crippen LogP) is 2.34. The van der Waals surface area contributed by atoms with Crippen LogP contribution in [0.25, 0.3) is 5.69 Å². The summed E-state index contributed by atoms with van der Waals surface area (Å²) in [6.07, 6.45) is 1.42. The van der Waals surface area contributed by atoms with E-state index in [1.165, 1.54) is 39.4 Å². The molecule has 0 aliphatic carbocycles. The van der Waals surface area contributed by atoms with Crippen molar-refractivity contribution >= 4 is 23.4 Å². The third kappa shape index (κ3) is 4.92. The molecule has 11 nitrogen and oxygen atoms in total. The van der Waals surface area contributed by atoms with Crippen LogP contribution >= 0.6 is 11.8 Å². The summed E-state index contributed by atoms with van der Waals surface area (Å²) in [5, 5.41) is 11.7. The quantitative estimate of drug-likeness (QED) is 0.218. The number of halogens is 1. The maximum atomic E-state index is 14.8. The lowest BCUT2D eigenvalue weighted by Crippen LogP contribution is -2.38. The Bertz CT molecular complexity index is 1370. The van der Waals surface area contributed by atoms with Gasteiger partial charge in [0.25, 0.3) is 5.56 Å². The van der Waals surface area contributed by atoms with E-state index in [9.17, 15) is 28.9 Å². The lowest BCUT2D eigenvalue weighted by molar-refractivity contribution is -0.385. The Balaban J connectivity index is 2.14. The van der Waals surface area contributed by atoms with E-state index in [4.69, 9.17) is 4.74 Å². The van der Waals surface area contributed by atoms with Crippen molar-refractivity contribution in [3.05, 3.63) is 79.0 Å². The highest BCUT2D eigenvalue weighted by Gasteiger charge is 2.24. The molecule has 33 heavy (non-hydrogen) atoms. The highest BCUT2D eigenvalue weighted by Crippen LogP contribution is 2.37. The molecule has 0 atom stereocenters. The van der Waals surface area contributed by atoms with Crippen LogP contribution in [0, 0.1) is 22.9 Å².